The van der Waals surface area contributed by atoms with E-state index in [0.717, 1.165) is 17.9 Å². The molecule has 1 N–H and O–H groups in total. The van der Waals surface area contributed by atoms with Gasteiger partial charge in [-0.05, 0) is 36.4 Å². The van der Waals surface area contributed by atoms with Crippen molar-refractivity contribution in [1.82, 2.24) is 20.1 Å². The summed E-state index contributed by atoms with van der Waals surface area (Å²) >= 11 is 0. The van der Waals surface area contributed by atoms with Crippen LogP contribution >= 0.6 is 0 Å². The van der Waals surface area contributed by atoms with Crippen molar-refractivity contribution < 1.29 is 4.79 Å². The first-order valence-electron chi connectivity index (χ1n) is 7.73. The van der Waals surface area contributed by atoms with Gasteiger partial charge in [0, 0.05) is 31.4 Å². The minimum atomic E-state index is -0.0819. The molecule has 0 aliphatic carbocycles. The second-order valence-electron chi connectivity index (χ2n) is 5.40. The first-order valence-corrected chi connectivity index (χ1v) is 7.73. The fourth-order valence-corrected chi connectivity index (χ4v) is 2.36. The maximum Gasteiger partial charge on any atom is 0.251 e. The number of hydrogen-bond donors (Lipinski definition) is 1. The van der Waals surface area contributed by atoms with Crippen LogP contribution in [0, 0.1) is 0 Å². The minimum Gasteiger partial charge on any atom is -0.373 e. The Balaban J connectivity index is 1.52. The Kier molecular flexibility index (Phi) is 4.86. The second kappa shape index (κ2) is 7.41. The van der Waals surface area contributed by atoms with E-state index in [9.17, 15) is 4.79 Å². The quantitative estimate of drug-likeness (QED) is 0.755. The van der Waals surface area contributed by atoms with Crippen molar-refractivity contribution in [3.63, 3.8) is 0 Å². The van der Waals surface area contributed by atoms with Crippen molar-refractivity contribution in [3.05, 3.63) is 72.8 Å². The van der Waals surface area contributed by atoms with Gasteiger partial charge in [0.15, 0.2) is 0 Å². The Hall–Kier alpha value is -3.15. The number of amides is 1. The highest BCUT2D eigenvalue weighted by atomic mass is 16.1. The molecule has 1 aromatic heterocycles. The number of carbonyl (C=O) groups is 1. The molecule has 6 heteroatoms. The third kappa shape index (κ3) is 3.78. The first-order chi connectivity index (χ1) is 11.7. The Morgan fingerprint density at radius 2 is 1.88 bits per heavy atom. The van der Waals surface area contributed by atoms with Gasteiger partial charge in [0.1, 0.15) is 12.7 Å². The number of hydrogen-bond acceptors (Lipinski definition) is 4. The minimum absolute atomic E-state index is 0.0819. The molecular formula is C18H19N5O. The van der Waals surface area contributed by atoms with Crippen LogP contribution in [-0.4, -0.2) is 40.8 Å². The number of likely N-dealkylation sites (N-methyl/N-ethyl adjacent to an activating group) is 1. The first kappa shape index (κ1) is 15.7. The SMILES string of the molecule is CN(CCNC(=O)c1ccc(-n2cncn2)cc1)c1ccccc1. The normalized spacial score (nSPS) is 10.4. The molecule has 0 atom stereocenters. The van der Waals surface area contributed by atoms with Crippen LogP contribution in [-0.2, 0) is 0 Å². The van der Waals surface area contributed by atoms with Crippen LogP contribution in [0.1, 0.15) is 10.4 Å². The molecule has 122 valence electrons. The molecule has 0 radical (unpaired) electrons. The number of carbonyl (C=O) groups excluding carboxylic acids is 1. The third-order valence-corrected chi connectivity index (χ3v) is 3.74. The number of anilines is 1. The standard InChI is InChI=1S/C18H19N5O/c1-22(16-5-3-2-4-6-16)12-11-20-18(24)15-7-9-17(10-8-15)23-14-19-13-21-23/h2-10,13-14H,11-12H2,1H3,(H,20,24). The van der Waals surface area contributed by atoms with Gasteiger partial charge in [-0.25, -0.2) is 9.67 Å². The molecule has 1 amide bonds. The molecule has 0 aliphatic rings. The summed E-state index contributed by atoms with van der Waals surface area (Å²) in [7, 11) is 2.01. The van der Waals surface area contributed by atoms with Crippen LogP contribution in [0.5, 0.6) is 0 Å². The number of para-hydroxylation sites is 1. The van der Waals surface area contributed by atoms with E-state index in [0.29, 0.717) is 12.1 Å². The zero-order chi connectivity index (χ0) is 16.8. The summed E-state index contributed by atoms with van der Waals surface area (Å²) in [5.41, 5.74) is 2.62. The van der Waals surface area contributed by atoms with Gasteiger partial charge in [-0.3, -0.25) is 4.79 Å². The summed E-state index contributed by atoms with van der Waals surface area (Å²) in [5, 5.41) is 7.00. The Morgan fingerprint density at radius 3 is 2.54 bits per heavy atom. The van der Waals surface area contributed by atoms with E-state index in [2.05, 4.69) is 20.3 Å². The molecular weight excluding hydrogens is 302 g/mol. The van der Waals surface area contributed by atoms with Gasteiger partial charge in [0.25, 0.3) is 5.91 Å². The molecule has 0 aliphatic heterocycles. The topological polar surface area (TPSA) is 63.1 Å². The van der Waals surface area contributed by atoms with Crippen molar-refractivity contribution in [2.45, 2.75) is 0 Å². The van der Waals surface area contributed by atoms with Gasteiger partial charge in [-0.2, -0.15) is 5.10 Å². The second-order valence-corrected chi connectivity index (χ2v) is 5.40. The van der Waals surface area contributed by atoms with E-state index in [1.54, 1.807) is 23.1 Å². The van der Waals surface area contributed by atoms with E-state index >= 15 is 0 Å². The lowest BCUT2D eigenvalue weighted by Crippen LogP contribution is -2.32. The molecule has 0 bridgehead atoms. The molecule has 0 unspecified atom stereocenters. The Labute approximate surface area is 140 Å². The molecule has 2 aromatic carbocycles. The smallest absolute Gasteiger partial charge is 0.251 e. The van der Waals surface area contributed by atoms with E-state index < -0.39 is 0 Å². The van der Waals surface area contributed by atoms with Gasteiger partial charge in [0.05, 0.1) is 5.69 Å². The summed E-state index contributed by atoms with van der Waals surface area (Å²) in [5.74, 6) is -0.0819. The zero-order valence-electron chi connectivity index (χ0n) is 13.5. The van der Waals surface area contributed by atoms with Crippen LogP contribution < -0.4 is 10.2 Å². The van der Waals surface area contributed by atoms with Crippen molar-refractivity contribution in [1.29, 1.82) is 0 Å². The predicted octanol–water partition coefficient (Wildman–Crippen LogP) is 2.13. The highest BCUT2D eigenvalue weighted by Crippen LogP contribution is 2.10. The monoisotopic (exact) mass is 321 g/mol. The van der Waals surface area contributed by atoms with E-state index in [-0.39, 0.29) is 5.91 Å². The highest BCUT2D eigenvalue weighted by molar-refractivity contribution is 5.94. The lowest BCUT2D eigenvalue weighted by atomic mass is 10.2. The van der Waals surface area contributed by atoms with Gasteiger partial charge in [-0.1, -0.05) is 18.2 Å². The molecule has 1 heterocycles. The summed E-state index contributed by atoms with van der Waals surface area (Å²) in [6.45, 7) is 1.32. The maximum absolute atomic E-state index is 12.2. The van der Waals surface area contributed by atoms with Crippen LogP contribution in [0.4, 0.5) is 5.69 Å². The average Bonchev–Trinajstić information content (AvgIpc) is 3.17. The average molecular weight is 321 g/mol. The van der Waals surface area contributed by atoms with Crippen LogP contribution in [0.15, 0.2) is 67.3 Å². The molecule has 0 fully saturated rings. The molecule has 0 saturated heterocycles. The van der Waals surface area contributed by atoms with Gasteiger partial charge in [0.2, 0.25) is 0 Å². The maximum atomic E-state index is 12.2. The van der Waals surface area contributed by atoms with Crippen molar-refractivity contribution in [2.24, 2.45) is 0 Å². The Morgan fingerprint density at radius 1 is 1.12 bits per heavy atom. The summed E-state index contributed by atoms with van der Waals surface area (Å²) in [6.07, 6.45) is 3.10. The molecule has 24 heavy (non-hydrogen) atoms. The highest BCUT2D eigenvalue weighted by Gasteiger charge is 2.06. The van der Waals surface area contributed by atoms with Crippen LogP contribution in [0.25, 0.3) is 5.69 Å². The van der Waals surface area contributed by atoms with Crippen LogP contribution in [0.3, 0.4) is 0 Å². The number of benzene rings is 2. The molecule has 3 rings (SSSR count). The van der Waals surface area contributed by atoms with Crippen molar-refractivity contribution >= 4 is 11.6 Å². The van der Waals surface area contributed by atoms with Gasteiger partial charge >= 0.3 is 0 Å². The van der Waals surface area contributed by atoms with Crippen molar-refractivity contribution in [2.75, 3.05) is 25.0 Å². The third-order valence-electron chi connectivity index (χ3n) is 3.74. The van der Waals surface area contributed by atoms with E-state index in [1.165, 1.54) is 6.33 Å². The molecule has 3 aromatic rings. The lowest BCUT2D eigenvalue weighted by molar-refractivity contribution is 0.0955. The van der Waals surface area contributed by atoms with E-state index in [1.807, 2.05) is 49.5 Å². The number of nitrogens with one attached hydrogen (secondary N) is 1. The van der Waals surface area contributed by atoms with Gasteiger partial charge in [-0.15, -0.1) is 0 Å². The molecule has 0 spiro atoms. The number of aromatic nitrogens is 3. The molecule has 0 saturated carbocycles. The summed E-state index contributed by atoms with van der Waals surface area (Å²) in [6, 6.07) is 17.3. The van der Waals surface area contributed by atoms with E-state index in [4.69, 9.17) is 0 Å². The number of nitrogens with zero attached hydrogens (tertiary/aromatic N) is 4. The fourth-order valence-electron chi connectivity index (χ4n) is 2.36. The van der Waals surface area contributed by atoms with Gasteiger partial charge < -0.3 is 10.2 Å². The zero-order valence-corrected chi connectivity index (χ0v) is 13.5. The van der Waals surface area contributed by atoms with Crippen molar-refractivity contribution in [3.8, 4) is 5.69 Å². The summed E-state index contributed by atoms with van der Waals surface area (Å²) < 4.78 is 1.65. The van der Waals surface area contributed by atoms with Crippen LogP contribution in [0.2, 0.25) is 0 Å². The Bertz CT molecular complexity index is 769. The largest absolute Gasteiger partial charge is 0.373 e. The fraction of sp³-hybridized carbons (Fsp3) is 0.167. The molecule has 6 nitrogen and oxygen atoms in total. The lowest BCUT2D eigenvalue weighted by Gasteiger charge is -2.19. The summed E-state index contributed by atoms with van der Waals surface area (Å²) in [4.78, 5) is 18.2. The number of rotatable bonds is 6. The predicted molar refractivity (Wildman–Crippen MR) is 93.4 cm³/mol.